The Morgan fingerprint density at radius 2 is 0.844 bits per heavy atom. The molecule has 6 fully saturated rings. The van der Waals surface area contributed by atoms with Gasteiger partial charge in [0, 0.05) is 22.1 Å². The summed E-state index contributed by atoms with van der Waals surface area (Å²) in [7, 11) is 0. The number of benzene rings is 7. The molecule has 15 rings (SSSR count). The second-order valence-corrected chi connectivity index (χ2v) is 20.3. The molecule has 7 aliphatic carbocycles. The van der Waals surface area contributed by atoms with Gasteiger partial charge in [0.2, 0.25) is 0 Å². The van der Waals surface area contributed by atoms with Crippen molar-refractivity contribution in [3.63, 3.8) is 0 Å². The van der Waals surface area contributed by atoms with Crippen molar-refractivity contribution in [1.29, 1.82) is 0 Å². The van der Waals surface area contributed by atoms with Crippen LogP contribution in [-0.2, 0) is 5.41 Å². The average molecular weight is 826 g/mol. The molecule has 3 heteroatoms. The zero-order valence-electron chi connectivity index (χ0n) is 36.2. The molecule has 0 amide bonds. The minimum absolute atomic E-state index is 0.135. The molecule has 8 aromatic rings. The lowest BCUT2D eigenvalue weighted by Gasteiger charge is -2.61. The fraction of sp³-hybridized carbons (Fsp3) is 0.262. The summed E-state index contributed by atoms with van der Waals surface area (Å²) in [6.45, 7) is 0. The standard InChI is InChI=1S/C61H51N3/c1-3-10-38(11-4-1)40-20-26-43(27-21-40)58-62-59(44-28-22-41(23-29-44)39-12-5-2-6-13-39)64-60(63-58)45-30-24-42(25-31-45)49-15-9-17-55-56(49)50-14-7-8-16-54(50)61(55)48-35-47-34-46-19-18-37-32-51(47)52(36-48)53(33-37)57(46)61/h1-17,20-31,37,46-48,51-53,57H,18-19,32-36H2. The van der Waals surface area contributed by atoms with E-state index in [-0.39, 0.29) is 5.41 Å². The second kappa shape index (κ2) is 14.3. The first kappa shape index (κ1) is 37.0. The third kappa shape index (κ3) is 5.49. The molecule has 310 valence electrons. The predicted molar refractivity (Wildman–Crippen MR) is 259 cm³/mol. The van der Waals surface area contributed by atoms with E-state index in [1.54, 1.807) is 11.1 Å². The van der Waals surface area contributed by atoms with Crippen molar-refractivity contribution in [2.45, 2.75) is 50.4 Å². The highest BCUT2D eigenvalue weighted by Gasteiger charge is 2.68. The smallest absolute Gasteiger partial charge is 0.164 e. The van der Waals surface area contributed by atoms with Crippen molar-refractivity contribution in [3.8, 4) is 78.7 Å². The summed E-state index contributed by atoms with van der Waals surface area (Å²) in [5.74, 6) is 9.15. The summed E-state index contributed by atoms with van der Waals surface area (Å²) in [5, 5.41) is 0. The molecule has 7 aliphatic rings. The number of hydrogen-bond acceptors (Lipinski definition) is 3. The minimum atomic E-state index is 0.135. The Kier molecular flexibility index (Phi) is 8.25. The van der Waals surface area contributed by atoms with Crippen LogP contribution < -0.4 is 0 Å². The van der Waals surface area contributed by atoms with E-state index in [9.17, 15) is 0 Å². The van der Waals surface area contributed by atoms with E-state index in [4.69, 9.17) is 15.0 Å². The Balaban J connectivity index is 0.865. The van der Waals surface area contributed by atoms with E-state index in [1.807, 2.05) is 0 Å². The lowest BCUT2D eigenvalue weighted by molar-refractivity contribution is -0.0746. The van der Waals surface area contributed by atoms with Crippen LogP contribution in [0.2, 0.25) is 0 Å². The van der Waals surface area contributed by atoms with Crippen LogP contribution in [0, 0.1) is 47.3 Å². The molecule has 7 aromatic carbocycles. The summed E-state index contributed by atoms with van der Waals surface area (Å²) < 4.78 is 0. The van der Waals surface area contributed by atoms with Gasteiger partial charge in [-0.25, -0.2) is 15.0 Å². The van der Waals surface area contributed by atoms with Crippen LogP contribution in [0.5, 0.6) is 0 Å². The number of fused-ring (bicyclic) bond motifs is 4. The van der Waals surface area contributed by atoms with E-state index < -0.39 is 0 Å². The highest BCUT2D eigenvalue weighted by molar-refractivity contribution is 5.93. The first-order valence-corrected chi connectivity index (χ1v) is 24.1. The Hall–Kier alpha value is -6.45. The molecule has 9 atom stereocenters. The van der Waals surface area contributed by atoms with Crippen molar-refractivity contribution < 1.29 is 0 Å². The molecule has 6 saturated carbocycles. The highest BCUT2D eigenvalue weighted by atomic mass is 15.0. The molecule has 0 aliphatic heterocycles. The highest BCUT2D eigenvalue weighted by Crippen LogP contribution is 2.75. The number of aromatic nitrogens is 3. The topological polar surface area (TPSA) is 38.7 Å². The molecule has 0 N–H and O–H groups in total. The largest absolute Gasteiger partial charge is 0.208 e. The first-order valence-electron chi connectivity index (χ1n) is 24.1. The van der Waals surface area contributed by atoms with Crippen LogP contribution in [-0.4, -0.2) is 15.0 Å². The number of hydrogen-bond donors (Lipinski definition) is 0. The van der Waals surface area contributed by atoms with E-state index in [0.717, 1.165) is 64.0 Å². The van der Waals surface area contributed by atoms with Gasteiger partial charge in [-0.3, -0.25) is 0 Å². The summed E-state index contributed by atoms with van der Waals surface area (Å²) in [5.41, 5.74) is 16.7. The molecule has 64 heavy (non-hydrogen) atoms. The minimum Gasteiger partial charge on any atom is -0.208 e. The van der Waals surface area contributed by atoms with Gasteiger partial charge in [-0.1, -0.05) is 182 Å². The van der Waals surface area contributed by atoms with Crippen molar-refractivity contribution in [1.82, 2.24) is 15.0 Å². The lowest BCUT2D eigenvalue weighted by Crippen LogP contribution is -2.57. The fourth-order valence-electron chi connectivity index (χ4n) is 15.2. The van der Waals surface area contributed by atoms with E-state index in [2.05, 4.69) is 176 Å². The van der Waals surface area contributed by atoms with Gasteiger partial charge >= 0.3 is 0 Å². The molecule has 3 nitrogen and oxygen atoms in total. The molecule has 9 unspecified atom stereocenters. The molecule has 1 heterocycles. The van der Waals surface area contributed by atoms with E-state index in [1.165, 1.54) is 89.5 Å². The normalized spacial score (nSPS) is 27.6. The van der Waals surface area contributed by atoms with Gasteiger partial charge in [-0.05, 0) is 142 Å². The van der Waals surface area contributed by atoms with Crippen LogP contribution in [0.4, 0.5) is 0 Å². The van der Waals surface area contributed by atoms with Gasteiger partial charge < -0.3 is 0 Å². The Morgan fingerprint density at radius 3 is 1.47 bits per heavy atom. The summed E-state index contributed by atoms with van der Waals surface area (Å²) in [4.78, 5) is 15.5. The van der Waals surface area contributed by atoms with Crippen molar-refractivity contribution in [3.05, 3.63) is 187 Å². The predicted octanol–water partition coefficient (Wildman–Crippen LogP) is 14.9. The number of rotatable bonds is 6. The molecule has 0 radical (unpaired) electrons. The Labute approximate surface area is 376 Å². The average Bonchev–Trinajstić information content (AvgIpc) is 3.47. The SMILES string of the molecule is c1ccc(-c2ccc(-c3nc(-c4ccc(-c5ccccc5)cc4)nc(-c4ccc(-c5cccc6c5-c5ccccc5C65C6CC7CC8CCC9CC7C(C6)C(C9)C85)cc4)n3)cc2)cc1. The van der Waals surface area contributed by atoms with Gasteiger partial charge in [0.05, 0.1) is 0 Å². The van der Waals surface area contributed by atoms with Gasteiger partial charge in [0.25, 0.3) is 0 Å². The molecule has 8 bridgehead atoms. The number of nitrogens with zero attached hydrogens (tertiary/aromatic N) is 3. The Bertz CT molecular complexity index is 2960. The lowest BCUT2D eigenvalue weighted by atomic mass is 9.42. The zero-order valence-corrected chi connectivity index (χ0v) is 36.2. The van der Waals surface area contributed by atoms with Crippen molar-refractivity contribution in [2.24, 2.45) is 47.3 Å². The van der Waals surface area contributed by atoms with Crippen LogP contribution >= 0.6 is 0 Å². The maximum Gasteiger partial charge on any atom is 0.164 e. The molecular weight excluding hydrogens is 775 g/mol. The van der Waals surface area contributed by atoms with Gasteiger partial charge in [-0.2, -0.15) is 0 Å². The fourth-order valence-corrected chi connectivity index (χ4v) is 15.2. The van der Waals surface area contributed by atoms with Crippen LogP contribution in [0.15, 0.2) is 176 Å². The molecular formula is C61H51N3. The summed E-state index contributed by atoms with van der Waals surface area (Å²) >= 11 is 0. The quantitative estimate of drug-likeness (QED) is 0.168. The van der Waals surface area contributed by atoms with Crippen LogP contribution in [0.3, 0.4) is 0 Å². The summed E-state index contributed by atoms with van der Waals surface area (Å²) in [6.07, 6.45) is 10.3. The maximum absolute atomic E-state index is 5.19. The van der Waals surface area contributed by atoms with Crippen LogP contribution in [0.25, 0.3) is 78.7 Å². The van der Waals surface area contributed by atoms with Gasteiger partial charge in [0.15, 0.2) is 17.5 Å². The second-order valence-electron chi connectivity index (χ2n) is 20.3. The van der Waals surface area contributed by atoms with Crippen molar-refractivity contribution in [2.75, 3.05) is 0 Å². The zero-order chi connectivity index (χ0) is 41.9. The summed E-state index contributed by atoms with van der Waals surface area (Å²) in [6, 6.07) is 64.4. The Morgan fingerprint density at radius 1 is 0.344 bits per heavy atom. The maximum atomic E-state index is 5.19. The van der Waals surface area contributed by atoms with Crippen molar-refractivity contribution >= 4 is 0 Å². The van der Waals surface area contributed by atoms with Gasteiger partial charge in [-0.15, -0.1) is 0 Å². The third-order valence-electron chi connectivity index (χ3n) is 17.5. The third-order valence-corrected chi connectivity index (χ3v) is 17.5. The van der Waals surface area contributed by atoms with E-state index in [0.29, 0.717) is 17.5 Å². The molecule has 1 spiro atoms. The van der Waals surface area contributed by atoms with Gasteiger partial charge in [0.1, 0.15) is 0 Å². The van der Waals surface area contributed by atoms with Crippen LogP contribution in [0.1, 0.15) is 56.1 Å². The molecule has 1 aromatic heterocycles. The van der Waals surface area contributed by atoms with E-state index >= 15 is 0 Å². The first-order chi connectivity index (χ1) is 31.7. The molecule has 0 saturated heterocycles. The monoisotopic (exact) mass is 825 g/mol.